The molecule has 0 radical (unpaired) electrons. The molecular weight excluding hydrogens is 104 g/mol. The summed E-state index contributed by atoms with van der Waals surface area (Å²) in [6.07, 6.45) is 0. The Kier molecular flexibility index (Phi) is 0.816. The van der Waals surface area contributed by atoms with Crippen LogP contribution in [-0.2, 0) is 4.74 Å². The Bertz CT molecular complexity index is 40.9. The highest BCUT2D eigenvalue weighted by atomic mass is 32.1. The van der Waals surface area contributed by atoms with E-state index in [1.165, 1.54) is 0 Å². The van der Waals surface area contributed by atoms with E-state index in [1.54, 1.807) is 0 Å². The van der Waals surface area contributed by atoms with Crippen molar-refractivity contribution in [1.82, 2.24) is 0 Å². The molecule has 1 fully saturated rings. The van der Waals surface area contributed by atoms with Crippen molar-refractivity contribution in [2.24, 2.45) is 0 Å². The maximum atomic E-state index is 4.65. The molecule has 0 spiro atoms. The summed E-state index contributed by atoms with van der Waals surface area (Å²) < 4.78 is 4.65. The highest BCUT2D eigenvalue weighted by Crippen LogP contribution is 2.27. The highest BCUT2D eigenvalue weighted by molar-refractivity contribution is 7.85. The Morgan fingerprint density at radius 3 is 1.40 bits per heavy atom. The van der Waals surface area contributed by atoms with Gasteiger partial charge in [0.2, 0.25) is 0 Å². The summed E-state index contributed by atoms with van der Waals surface area (Å²) in [6.45, 7) is 0. The van der Waals surface area contributed by atoms with Crippen LogP contribution in [0.3, 0.4) is 0 Å². The molecule has 1 aliphatic heterocycles. The summed E-state index contributed by atoms with van der Waals surface area (Å²) in [4.78, 5) is 0. The van der Waals surface area contributed by atoms with Gasteiger partial charge in [-0.25, -0.2) is 0 Å². The smallest absolute Gasteiger partial charge is 0.137 e. The molecule has 3 heteroatoms. The predicted molar refractivity (Wildman–Crippen MR) is 26.6 cm³/mol. The van der Waals surface area contributed by atoms with Crippen LogP contribution < -0.4 is 0 Å². The topological polar surface area (TPSA) is 12.5 Å². The maximum absolute atomic E-state index is 4.65. The number of hydrogen-bond acceptors (Lipinski definition) is 3. The average molecular weight is 108 g/mol. The van der Waals surface area contributed by atoms with E-state index in [1.807, 2.05) is 0 Å². The van der Waals surface area contributed by atoms with E-state index in [4.69, 9.17) is 0 Å². The zero-order valence-electron chi connectivity index (χ0n) is 2.46. The first kappa shape index (κ1) is 3.84. The fourth-order valence-electron chi connectivity index (χ4n) is 0.0975. The second-order valence-electron chi connectivity index (χ2n) is 0.917. The minimum absolute atomic E-state index is 0.110. The van der Waals surface area contributed by atoms with Crippen molar-refractivity contribution in [3.8, 4) is 0 Å². The lowest BCUT2D eigenvalue weighted by molar-refractivity contribution is 0.449. The van der Waals surface area contributed by atoms with E-state index >= 15 is 0 Å². The van der Waals surface area contributed by atoms with Crippen LogP contribution >= 0.6 is 25.3 Å². The third-order valence-electron chi connectivity index (χ3n) is 0.446. The van der Waals surface area contributed by atoms with Crippen LogP contribution in [0, 0.1) is 0 Å². The number of thiol groups is 2. The van der Waals surface area contributed by atoms with Crippen LogP contribution in [-0.4, -0.2) is 10.9 Å². The number of ether oxygens (including phenoxy) is 1. The molecule has 5 heavy (non-hydrogen) atoms. The van der Waals surface area contributed by atoms with E-state index in [-0.39, 0.29) is 10.9 Å². The first-order valence-corrected chi connectivity index (χ1v) is 2.35. The molecule has 30 valence electrons. The second-order valence-corrected chi connectivity index (χ2v) is 1.94. The summed E-state index contributed by atoms with van der Waals surface area (Å²) in [5.41, 5.74) is 0.219. The number of epoxide rings is 1. The standard InChI is InChI=1S/C2H4OS2/c4-1-2(5)3-1/h1-2,4-5H. The molecule has 0 N–H and O–H groups in total. The van der Waals surface area contributed by atoms with Gasteiger partial charge in [0.15, 0.2) is 0 Å². The largest absolute Gasteiger partial charge is 0.347 e. The highest BCUT2D eigenvalue weighted by Gasteiger charge is 2.30. The molecule has 1 nitrogen and oxygen atoms in total. The molecule has 1 saturated heterocycles. The molecule has 0 amide bonds. The second kappa shape index (κ2) is 1.06. The van der Waals surface area contributed by atoms with E-state index in [0.29, 0.717) is 0 Å². The summed E-state index contributed by atoms with van der Waals surface area (Å²) in [5, 5.41) is 0. The van der Waals surface area contributed by atoms with Gasteiger partial charge in [-0.15, -0.1) is 25.3 Å². The van der Waals surface area contributed by atoms with Crippen molar-refractivity contribution in [3.05, 3.63) is 0 Å². The summed E-state index contributed by atoms with van der Waals surface area (Å²) in [6, 6.07) is 0. The quantitative estimate of drug-likeness (QED) is 0.341. The van der Waals surface area contributed by atoms with Gasteiger partial charge in [0.05, 0.1) is 0 Å². The fraction of sp³-hybridized carbons (Fsp3) is 1.00. The van der Waals surface area contributed by atoms with Crippen molar-refractivity contribution in [2.45, 2.75) is 10.9 Å². The van der Waals surface area contributed by atoms with Gasteiger partial charge in [0.1, 0.15) is 10.9 Å². The molecular formula is C2H4OS2. The van der Waals surface area contributed by atoms with E-state index in [2.05, 4.69) is 30.0 Å². The molecule has 1 aliphatic rings. The lowest BCUT2D eigenvalue weighted by Gasteiger charge is -1.57. The van der Waals surface area contributed by atoms with Crippen LogP contribution in [0.2, 0.25) is 0 Å². The van der Waals surface area contributed by atoms with Gasteiger partial charge in [-0.05, 0) is 0 Å². The lowest BCUT2D eigenvalue weighted by atomic mass is 11.0. The Labute approximate surface area is 41.5 Å². The Hall–Kier alpha value is 0.660. The lowest BCUT2D eigenvalue weighted by Crippen LogP contribution is -1.64. The SMILES string of the molecule is SC1OC1S. The third-order valence-corrected chi connectivity index (χ3v) is 1.47. The van der Waals surface area contributed by atoms with E-state index < -0.39 is 0 Å². The van der Waals surface area contributed by atoms with Crippen LogP contribution in [0.4, 0.5) is 0 Å². The van der Waals surface area contributed by atoms with Gasteiger partial charge >= 0.3 is 0 Å². The molecule has 0 aromatic heterocycles. The number of hydrogen-bond donors (Lipinski definition) is 2. The molecule has 0 bridgehead atoms. The summed E-state index contributed by atoms with van der Waals surface area (Å²) >= 11 is 7.75. The maximum Gasteiger partial charge on any atom is 0.137 e. The van der Waals surface area contributed by atoms with Gasteiger partial charge < -0.3 is 4.74 Å². The molecule has 1 rings (SSSR count). The minimum atomic E-state index is 0.110. The molecule has 2 unspecified atom stereocenters. The first-order valence-electron chi connectivity index (χ1n) is 1.32. The monoisotopic (exact) mass is 108 g/mol. The van der Waals surface area contributed by atoms with Gasteiger partial charge in [0.25, 0.3) is 0 Å². The van der Waals surface area contributed by atoms with Crippen LogP contribution in [0.1, 0.15) is 0 Å². The van der Waals surface area contributed by atoms with Crippen LogP contribution in [0.25, 0.3) is 0 Å². The zero-order valence-corrected chi connectivity index (χ0v) is 4.25. The van der Waals surface area contributed by atoms with Crippen molar-refractivity contribution >= 4 is 25.3 Å². The number of rotatable bonds is 0. The minimum Gasteiger partial charge on any atom is -0.347 e. The fourth-order valence-corrected chi connectivity index (χ4v) is 0.456. The first-order chi connectivity index (χ1) is 2.30. The molecule has 0 saturated carbocycles. The average Bonchev–Trinajstić information content (AvgIpc) is 1.79. The van der Waals surface area contributed by atoms with Crippen LogP contribution in [0.5, 0.6) is 0 Å². The van der Waals surface area contributed by atoms with Crippen molar-refractivity contribution in [3.63, 3.8) is 0 Å². The van der Waals surface area contributed by atoms with E-state index in [9.17, 15) is 0 Å². The molecule has 0 aliphatic carbocycles. The van der Waals surface area contributed by atoms with Crippen molar-refractivity contribution in [2.75, 3.05) is 0 Å². The predicted octanol–water partition coefficient (Wildman–Crippen LogP) is 0.528. The Morgan fingerprint density at radius 1 is 1.20 bits per heavy atom. The molecule has 2 atom stereocenters. The summed E-state index contributed by atoms with van der Waals surface area (Å²) in [7, 11) is 0. The third kappa shape index (κ3) is 0.743. The van der Waals surface area contributed by atoms with Crippen LogP contribution in [0.15, 0.2) is 0 Å². The van der Waals surface area contributed by atoms with Gasteiger partial charge in [-0.2, -0.15) is 0 Å². The van der Waals surface area contributed by atoms with Gasteiger partial charge in [-0.3, -0.25) is 0 Å². The molecule has 0 aromatic rings. The zero-order chi connectivity index (χ0) is 3.86. The summed E-state index contributed by atoms with van der Waals surface area (Å²) in [5.74, 6) is 0. The van der Waals surface area contributed by atoms with E-state index in [0.717, 1.165) is 0 Å². The molecule has 0 aromatic carbocycles. The molecule has 1 heterocycles. The normalized spacial score (nSPS) is 49.2. The van der Waals surface area contributed by atoms with Gasteiger partial charge in [-0.1, -0.05) is 0 Å². The van der Waals surface area contributed by atoms with Crippen molar-refractivity contribution < 1.29 is 4.74 Å². The van der Waals surface area contributed by atoms with Gasteiger partial charge in [0, 0.05) is 0 Å². The Morgan fingerprint density at radius 2 is 1.40 bits per heavy atom. The van der Waals surface area contributed by atoms with Crippen molar-refractivity contribution in [1.29, 1.82) is 0 Å². The Balaban J connectivity index is 2.20.